The number of benzene rings is 1. The number of likely N-dealkylation sites (N-methyl/N-ethyl adjacent to an activating group) is 1. The number of hydrogen-bond acceptors (Lipinski definition) is 3. The Morgan fingerprint density at radius 1 is 1.21 bits per heavy atom. The molecule has 4 nitrogen and oxygen atoms in total. The molecule has 8 heteroatoms. The van der Waals surface area contributed by atoms with Gasteiger partial charge < -0.3 is 5.32 Å². The van der Waals surface area contributed by atoms with Crippen molar-refractivity contribution in [1.82, 2.24) is 10.0 Å². The van der Waals surface area contributed by atoms with Crippen LogP contribution in [0.4, 0.5) is 0 Å². The molecular weight excluding hydrogens is 331 g/mol. The number of rotatable bonds is 6. The third-order valence-electron chi connectivity index (χ3n) is 2.28. The van der Waals surface area contributed by atoms with Gasteiger partial charge in [-0.05, 0) is 31.7 Å². The molecular formula is C11H17Cl3N2O2S. The zero-order valence-electron chi connectivity index (χ0n) is 10.6. The summed E-state index contributed by atoms with van der Waals surface area (Å²) < 4.78 is 26.5. The number of sulfonamides is 1. The number of nitrogens with one attached hydrogen (secondary N) is 2. The quantitative estimate of drug-likeness (QED) is 0.832. The molecule has 1 aromatic carbocycles. The SMILES string of the molecule is CCN[C@H](C)CNS(=O)(=O)c1cc(Cl)cc(Cl)c1.Cl. The lowest BCUT2D eigenvalue weighted by Gasteiger charge is -2.13. The van der Waals surface area contributed by atoms with Crippen molar-refractivity contribution in [3.8, 4) is 0 Å². The Hall–Kier alpha value is -0.0400. The number of hydrogen-bond donors (Lipinski definition) is 2. The highest BCUT2D eigenvalue weighted by molar-refractivity contribution is 7.89. The van der Waals surface area contributed by atoms with E-state index >= 15 is 0 Å². The summed E-state index contributed by atoms with van der Waals surface area (Å²) in [5.74, 6) is 0. The molecule has 0 aliphatic carbocycles. The van der Waals surface area contributed by atoms with Crippen molar-refractivity contribution in [2.24, 2.45) is 0 Å². The predicted molar refractivity (Wildman–Crippen MR) is 82.0 cm³/mol. The van der Waals surface area contributed by atoms with Crippen molar-refractivity contribution in [2.45, 2.75) is 24.8 Å². The molecule has 1 rings (SSSR count). The van der Waals surface area contributed by atoms with Crippen LogP contribution in [0.2, 0.25) is 10.0 Å². The molecule has 0 fully saturated rings. The summed E-state index contributed by atoms with van der Waals surface area (Å²) in [6.45, 7) is 4.95. The fraction of sp³-hybridized carbons (Fsp3) is 0.455. The van der Waals surface area contributed by atoms with Gasteiger partial charge in [0.1, 0.15) is 0 Å². The molecule has 0 heterocycles. The van der Waals surface area contributed by atoms with Crippen LogP contribution in [-0.2, 0) is 10.0 Å². The minimum Gasteiger partial charge on any atom is -0.313 e. The maximum absolute atomic E-state index is 12.0. The summed E-state index contributed by atoms with van der Waals surface area (Å²) in [7, 11) is -3.58. The minimum atomic E-state index is -3.58. The van der Waals surface area contributed by atoms with Crippen LogP contribution in [0.5, 0.6) is 0 Å². The van der Waals surface area contributed by atoms with Crippen molar-refractivity contribution >= 4 is 45.6 Å². The largest absolute Gasteiger partial charge is 0.313 e. The third kappa shape index (κ3) is 6.29. The van der Waals surface area contributed by atoms with E-state index < -0.39 is 10.0 Å². The molecule has 0 aromatic heterocycles. The van der Waals surface area contributed by atoms with E-state index in [0.29, 0.717) is 16.6 Å². The Morgan fingerprint density at radius 2 is 1.74 bits per heavy atom. The van der Waals surface area contributed by atoms with Gasteiger partial charge in [-0.1, -0.05) is 30.1 Å². The van der Waals surface area contributed by atoms with E-state index in [4.69, 9.17) is 23.2 Å². The average molecular weight is 348 g/mol. The van der Waals surface area contributed by atoms with Crippen molar-refractivity contribution in [2.75, 3.05) is 13.1 Å². The molecule has 0 aliphatic rings. The second-order valence-corrected chi connectivity index (χ2v) is 6.56. The highest BCUT2D eigenvalue weighted by Crippen LogP contribution is 2.22. The fourth-order valence-electron chi connectivity index (χ4n) is 1.42. The highest BCUT2D eigenvalue weighted by Gasteiger charge is 2.16. The standard InChI is InChI=1S/C11H16Cl2N2O2S.ClH/c1-3-14-8(2)7-15-18(16,17)11-5-9(12)4-10(13)6-11;/h4-6,8,14-15H,3,7H2,1-2H3;1H/t8-;/m1./s1. The summed E-state index contributed by atoms with van der Waals surface area (Å²) in [5, 5.41) is 3.70. The van der Waals surface area contributed by atoms with E-state index in [0.717, 1.165) is 6.54 Å². The molecule has 0 amide bonds. The normalized spacial score (nSPS) is 12.8. The molecule has 0 saturated carbocycles. The molecule has 2 N–H and O–H groups in total. The summed E-state index contributed by atoms with van der Waals surface area (Å²) in [4.78, 5) is 0.0729. The Morgan fingerprint density at radius 3 is 2.21 bits per heavy atom. The minimum absolute atomic E-state index is 0. The first-order chi connectivity index (χ1) is 8.35. The maximum Gasteiger partial charge on any atom is 0.240 e. The van der Waals surface area contributed by atoms with Gasteiger partial charge in [0.15, 0.2) is 0 Å². The second-order valence-electron chi connectivity index (χ2n) is 3.92. The second kappa shape index (κ2) is 8.29. The van der Waals surface area contributed by atoms with Gasteiger partial charge in [0.25, 0.3) is 0 Å². The van der Waals surface area contributed by atoms with Gasteiger partial charge in [-0.2, -0.15) is 0 Å². The van der Waals surface area contributed by atoms with Crippen LogP contribution in [0.25, 0.3) is 0 Å². The van der Waals surface area contributed by atoms with Gasteiger partial charge in [0.05, 0.1) is 4.90 Å². The molecule has 0 unspecified atom stereocenters. The number of halogens is 3. The van der Waals surface area contributed by atoms with Gasteiger partial charge in [0.2, 0.25) is 10.0 Å². The van der Waals surface area contributed by atoms with E-state index in [1.807, 2.05) is 13.8 Å². The molecule has 0 bridgehead atoms. The van der Waals surface area contributed by atoms with Gasteiger partial charge in [-0.25, -0.2) is 13.1 Å². The van der Waals surface area contributed by atoms with Crippen LogP contribution in [0, 0.1) is 0 Å². The Bertz CT molecular complexity index is 488. The lowest BCUT2D eigenvalue weighted by Crippen LogP contribution is -2.38. The van der Waals surface area contributed by atoms with Gasteiger partial charge in [-0.15, -0.1) is 12.4 Å². The lowest BCUT2D eigenvalue weighted by molar-refractivity contribution is 0.536. The van der Waals surface area contributed by atoms with E-state index in [9.17, 15) is 8.42 Å². The van der Waals surface area contributed by atoms with Gasteiger partial charge in [-0.3, -0.25) is 0 Å². The topological polar surface area (TPSA) is 58.2 Å². The zero-order valence-corrected chi connectivity index (χ0v) is 13.8. The van der Waals surface area contributed by atoms with Crippen molar-refractivity contribution in [3.05, 3.63) is 28.2 Å². The summed E-state index contributed by atoms with van der Waals surface area (Å²) >= 11 is 11.6. The maximum atomic E-state index is 12.0. The van der Waals surface area contributed by atoms with Crippen LogP contribution >= 0.6 is 35.6 Å². The van der Waals surface area contributed by atoms with Crippen molar-refractivity contribution in [3.63, 3.8) is 0 Å². The first-order valence-corrected chi connectivity index (χ1v) is 7.78. The molecule has 110 valence electrons. The van der Waals surface area contributed by atoms with Crippen LogP contribution in [0.3, 0.4) is 0 Å². The van der Waals surface area contributed by atoms with Crippen LogP contribution in [-0.4, -0.2) is 27.5 Å². The van der Waals surface area contributed by atoms with E-state index in [-0.39, 0.29) is 23.3 Å². The van der Waals surface area contributed by atoms with Crippen molar-refractivity contribution < 1.29 is 8.42 Å². The van der Waals surface area contributed by atoms with Gasteiger partial charge in [0, 0.05) is 22.6 Å². The Balaban J connectivity index is 0.00000324. The first-order valence-electron chi connectivity index (χ1n) is 5.54. The van der Waals surface area contributed by atoms with E-state index in [2.05, 4.69) is 10.0 Å². The molecule has 1 aromatic rings. The molecule has 19 heavy (non-hydrogen) atoms. The fourth-order valence-corrected chi connectivity index (χ4v) is 3.28. The van der Waals surface area contributed by atoms with Crippen LogP contribution in [0.15, 0.2) is 23.1 Å². The summed E-state index contributed by atoms with van der Waals surface area (Å²) in [5.41, 5.74) is 0. The zero-order chi connectivity index (χ0) is 13.8. The molecule has 0 spiro atoms. The van der Waals surface area contributed by atoms with Crippen LogP contribution in [0.1, 0.15) is 13.8 Å². The summed E-state index contributed by atoms with van der Waals surface area (Å²) in [6, 6.07) is 4.28. The van der Waals surface area contributed by atoms with Gasteiger partial charge >= 0.3 is 0 Å². The van der Waals surface area contributed by atoms with E-state index in [1.54, 1.807) is 0 Å². The molecule has 0 radical (unpaired) electrons. The summed E-state index contributed by atoms with van der Waals surface area (Å²) in [6.07, 6.45) is 0. The predicted octanol–water partition coefficient (Wildman–Crippen LogP) is 2.69. The monoisotopic (exact) mass is 346 g/mol. The van der Waals surface area contributed by atoms with Crippen molar-refractivity contribution in [1.29, 1.82) is 0 Å². The Kier molecular flexibility index (Phi) is 8.27. The smallest absolute Gasteiger partial charge is 0.240 e. The lowest BCUT2D eigenvalue weighted by atomic mass is 10.3. The van der Waals surface area contributed by atoms with Crippen LogP contribution < -0.4 is 10.0 Å². The first kappa shape index (κ1) is 19.0. The third-order valence-corrected chi connectivity index (χ3v) is 4.12. The van der Waals surface area contributed by atoms with E-state index in [1.165, 1.54) is 18.2 Å². The average Bonchev–Trinajstić information content (AvgIpc) is 2.26. The Labute approximate surface area is 130 Å². The molecule has 0 aliphatic heterocycles. The highest BCUT2D eigenvalue weighted by atomic mass is 35.5. The molecule has 1 atom stereocenters. The molecule has 0 saturated heterocycles.